The Kier molecular flexibility index (Phi) is 4.65. The number of rotatable bonds is 4. The van der Waals surface area contributed by atoms with E-state index in [2.05, 4.69) is 4.99 Å². The molecule has 0 saturated heterocycles. The summed E-state index contributed by atoms with van der Waals surface area (Å²) < 4.78 is 0. The minimum atomic E-state index is -1.20. The van der Waals surface area contributed by atoms with Gasteiger partial charge in [0.15, 0.2) is 0 Å². The summed E-state index contributed by atoms with van der Waals surface area (Å²) in [5.41, 5.74) is 0.156. The van der Waals surface area contributed by atoms with E-state index in [0.717, 1.165) is 0 Å². The number of carboxylic acids is 1. The first-order valence-electron chi connectivity index (χ1n) is 3.51. The number of carbonyl (C=O) groups excluding carboxylic acids is 2. The monoisotopic (exact) mass is 168 g/mol. The standard InChI is InChI=1S/C8H11NO3/c1-6(4-9-5-10)3-7(2)8(11)12/h3,6H,4H2,1-2H3,(H,11,12)/p-1/b7-3+. The number of hydrogen-bond donors (Lipinski definition) is 0. The van der Waals surface area contributed by atoms with Crippen molar-refractivity contribution in [3.05, 3.63) is 11.6 Å². The lowest BCUT2D eigenvalue weighted by atomic mass is 10.1. The molecule has 0 aromatic rings. The number of nitrogens with zero attached hydrogens (tertiary/aromatic N) is 1. The zero-order valence-electron chi connectivity index (χ0n) is 7.03. The van der Waals surface area contributed by atoms with E-state index in [-0.39, 0.29) is 18.0 Å². The summed E-state index contributed by atoms with van der Waals surface area (Å²) in [5, 5.41) is 10.2. The summed E-state index contributed by atoms with van der Waals surface area (Å²) in [4.78, 5) is 23.2. The molecule has 0 amide bonds. The van der Waals surface area contributed by atoms with E-state index in [1.807, 2.05) is 0 Å². The molecular formula is C8H10NO3-. The van der Waals surface area contributed by atoms with Crippen LogP contribution in [-0.4, -0.2) is 18.6 Å². The maximum absolute atomic E-state index is 10.2. The molecule has 0 aliphatic carbocycles. The molecule has 12 heavy (non-hydrogen) atoms. The highest BCUT2D eigenvalue weighted by Gasteiger charge is 1.97. The van der Waals surface area contributed by atoms with E-state index in [4.69, 9.17) is 0 Å². The Labute approximate surface area is 70.6 Å². The molecule has 0 fully saturated rings. The SMILES string of the molecule is C/C(=C\C(C)CN=C=O)C(=O)[O-]. The first kappa shape index (κ1) is 10.6. The van der Waals surface area contributed by atoms with Gasteiger partial charge in [-0.25, -0.2) is 9.79 Å². The van der Waals surface area contributed by atoms with Crippen LogP contribution in [0.2, 0.25) is 0 Å². The number of carbonyl (C=O) groups is 1. The van der Waals surface area contributed by atoms with Gasteiger partial charge >= 0.3 is 0 Å². The van der Waals surface area contributed by atoms with E-state index in [1.54, 1.807) is 6.92 Å². The Morgan fingerprint density at radius 1 is 1.75 bits per heavy atom. The minimum absolute atomic E-state index is 0.0793. The average Bonchev–Trinajstić information content (AvgIpc) is 2.00. The van der Waals surface area contributed by atoms with E-state index < -0.39 is 5.97 Å². The van der Waals surface area contributed by atoms with Crippen LogP contribution in [0.5, 0.6) is 0 Å². The molecule has 0 radical (unpaired) electrons. The van der Waals surface area contributed by atoms with Crippen LogP contribution in [0.4, 0.5) is 0 Å². The fourth-order valence-corrected chi connectivity index (χ4v) is 0.729. The molecule has 0 aromatic carbocycles. The van der Waals surface area contributed by atoms with E-state index in [9.17, 15) is 14.7 Å². The molecular weight excluding hydrogens is 158 g/mol. The Bertz CT molecular complexity index is 239. The first-order valence-corrected chi connectivity index (χ1v) is 3.51. The Balaban J connectivity index is 4.13. The summed E-state index contributed by atoms with van der Waals surface area (Å²) in [6, 6.07) is 0. The second kappa shape index (κ2) is 5.27. The molecule has 0 aromatic heterocycles. The molecule has 0 bridgehead atoms. The van der Waals surface area contributed by atoms with Gasteiger partial charge in [-0.05, 0) is 18.4 Å². The van der Waals surface area contributed by atoms with Gasteiger partial charge in [0.2, 0.25) is 6.08 Å². The van der Waals surface area contributed by atoms with Gasteiger partial charge in [0, 0.05) is 0 Å². The van der Waals surface area contributed by atoms with Crippen molar-refractivity contribution in [3.63, 3.8) is 0 Å². The molecule has 1 unspecified atom stereocenters. The highest BCUT2D eigenvalue weighted by molar-refractivity contribution is 5.83. The highest BCUT2D eigenvalue weighted by atomic mass is 16.4. The van der Waals surface area contributed by atoms with Crippen molar-refractivity contribution < 1.29 is 14.7 Å². The van der Waals surface area contributed by atoms with Crippen molar-refractivity contribution in [2.24, 2.45) is 10.9 Å². The number of carboxylic acid groups (broad SMARTS) is 1. The summed E-state index contributed by atoms with van der Waals surface area (Å²) in [6.07, 6.45) is 2.88. The second-order valence-corrected chi connectivity index (χ2v) is 2.55. The van der Waals surface area contributed by atoms with Crippen molar-refractivity contribution in [3.8, 4) is 0 Å². The summed E-state index contributed by atoms with van der Waals surface area (Å²) in [6.45, 7) is 3.46. The second-order valence-electron chi connectivity index (χ2n) is 2.55. The van der Waals surface area contributed by atoms with Gasteiger partial charge in [-0.1, -0.05) is 13.0 Å². The molecule has 0 aliphatic heterocycles. The van der Waals surface area contributed by atoms with Crippen LogP contribution < -0.4 is 5.11 Å². The molecule has 4 heteroatoms. The number of hydrogen-bond acceptors (Lipinski definition) is 4. The predicted molar refractivity (Wildman–Crippen MR) is 40.9 cm³/mol. The molecule has 66 valence electrons. The van der Waals surface area contributed by atoms with E-state index in [1.165, 1.54) is 19.1 Å². The predicted octanol–water partition coefficient (Wildman–Crippen LogP) is -0.346. The van der Waals surface area contributed by atoms with Crippen LogP contribution in [0.1, 0.15) is 13.8 Å². The molecule has 0 N–H and O–H groups in total. The van der Waals surface area contributed by atoms with E-state index in [0.29, 0.717) is 0 Å². The summed E-state index contributed by atoms with van der Waals surface area (Å²) in [5.74, 6) is -1.28. The van der Waals surface area contributed by atoms with Gasteiger partial charge in [0.25, 0.3) is 0 Å². The molecule has 4 nitrogen and oxygen atoms in total. The molecule has 0 rings (SSSR count). The van der Waals surface area contributed by atoms with Crippen LogP contribution in [-0.2, 0) is 9.59 Å². The normalized spacial score (nSPS) is 13.3. The quantitative estimate of drug-likeness (QED) is 0.327. The fourth-order valence-electron chi connectivity index (χ4n) is 0.729. The van der Waals surface area contributed by atoms with Crippen molar-refractivity contribution in [1.82, 2.24) is 0 Å². The van der Waals surface area contributed by atoms with Crippen molar-refractivity contribution in [2.45, 2.75) is 13.8 Å². The number of aliphatic carboxylic acids is 1. The largest absolute Gasteiger partial charge is 0.545 e. The number of isocyanates is 1. The fraction of sp³-hybridized carbons (Fsp3) is 0.500. The molecule has 0 heterocycles. The van der Waals surface area contributed by atoms with Crippen LogP contribution in [0, 0.1) is 5.92 Å². The first-order chi connectivity index (χ1) is 5.57. The number of aliphatic imine (C=N–C) groups is 1. The molecule has 0 spiro atoms. The average molecular weight is 168 g/mol. The van der Waals surface area contributed by atoms with Crippen molar-refractivity contribution in [2.75, 3.05) is 6.54 Å². The summed E-state index contributed by atoms with van der Waals surface area (Å²) in [7, 11) is 0. The third kappa shape index (κ3) is 4.41. The summed E-state index contributed by atoms with van der Waals surface area (Å²) >= 11 is 0. The van der Waals surface area contributed by atoms with Crippen LogP contribution >= 0.6 is 0 Å². The zero-order chi connectivity index (χ0) is 9.56. The van der Waals surface area contributed by atoms with Gasteiger partial charge < -0.3 is 9.90 Å². The maximum Gasteiger partial charge on any atom is 0.234 e. The maximum atomic E-state index is 10.2. The van der Waals surface area contributed by atoms with E-state index >= 15 is 0 Å². The molecule has 0 aliphatic rings. The third-order valence-electron chi connectivity index (χ3n) is 1.30. The minimum Gasteiger partial charge on any atom is -0.545 e. The Morgan fingerprint density at radius 2 is 2.33 bits per heavy atom. The topological polar surface area (TPSA) is 69.6 Å². The van der Waals surface area contributed by atoms with Gasteiger partial charge in [0.05, 0.1) is 12.5 Å². The van der Waals surface area contributed by atoms with Crippen molar-refractivity contribution >= 4 is 12.0 Å². The van der Waals surface area contributed by atoms with Crippen LogP contribution in [0.15, 0.2) is 16.6 Å². The van der Waals surface area contributed by atoms with Gasteiger partial charge in [0.1, 0.15) is 0 Å². The third-order valence-corrected chi connectivity index (χ3v) is 1.30. The zero-order valence-corrected chi connectivity index (χ0v) is 7.03. The lowest BCUT2D eigenvalue weighted by molar-refractivity contribution is -0.299. The van der Waals surface area contributed by atoms with Gasteiger partial charge in [-0.3, -0.25) is 0 Å². The Morgan fingerprint density at radius 3 is 2.75 bits per heavy atom. The smallest absolute Gasteiger partial charge is 0.234 e. The molecule has 0 saturated carbocycles. The van der Waals surface area contributed by atoms with Crippen LogP contribution in [0.25, 0.3) is 0 Å². The lowest BCUT2D eigenvalue weighted by Gasteiger charge is -2.04. The van der Waals surface area contributed by atoms with Gasteiger partial charge in [-0.2, -0.15) is 0 Å². The highest BCUT2D eigenvalue weighted by Crippen LogP contribution is 2.02. The van der Waals surface area contributed by atoms with Crippen LogP contribution in [0.3, 0.4) is 0 Å². The molecule has 1 atom stereocenters. The Hall–Kier alpha value is -1.41. The van der Waals surface area contributed by atoms with Crippen molar-refractivity contribution in [1.29, 1.82) is 0 Å². The van der Waals surface area contributed by atoms with Gasteiger partial charge in [-0.15, -0.1) is 0 Å². The lowest BCUT2D eigenvalue weighted by Crippen LogP contribution is -2.23.